The number of hydrogen-bond acceptors (Lipinski definition) is 0. The molecule has 0 aliphatic heterocycles. The Kier molecular flexibility index (Phi) is 0.898. The number of hydrogen-bond donors (Lipinski definition) is 0. The van der Waals surface area contributed by atoms with Crippen LogP contribution in [0.25, 0.3) is 0 Å². The van der Waals surface area contributed by atoms with E-state index in [2.05, 4.69) is 6.92 Å². The summed E-state index contributed by atoms with van der Waals surface area (Å²) in [5, 5.41) is 0. The first kappa shape index (κ1) is 5.62. The van der Waals surface area contributed by atoms with E-state index in [1.165, 1.54) is 23.7 Å². The van der Waals surface area contributed by atoms with Crippen LogP contribution in [0.1, 0.15) is 32.6 Å². The molecule has 0 radical (unpaired) electrons. The monoisotopic (exact) mass is 136 g/mol. The first-order valence-corrected chi connectivity index (χ1v) is 4.88. The van der Waals surface area contributed by atoms with Crippen LogP contribution in [-0.4, -0.2) is 0 Å². The first-order valence-electron chi connectivity index (χ1n) is 4.88. The van der Waals surface area contributed by atoms with Crippen LogP contribution in [0.15, 0.2) is 0 Å². The van der Waals surface area contributed by atoms with E-state index in [0.717, 1.165) is 5.92 Å². The maximum absolute atomic E-state index is 2.47. The average Bonchev–Trinajstić information content (AvgIpc) is 2.79. The number of fused-ring (bicyclic) bond motifs is 1. The van der Waals surface area contributed by atoms with Crippen molar-refractivity contribution in [2.24, 2.45) is 29.6 Å². The van der Waals surface area contributed by atoms with Crippen LogP contribution in [0.2, 0.25) is 0 Å². The maximum atomic E-state index is 2.47. The van der Waals surface area contributed by atoms with Crippen molar-refractivity contribution in [2.75, 3.05) is 0 Å². The van der Waals surface area contributed by atoms with E-state index >= 15 is 0 Å². The molecule has 0 N–H and O–H groups in total. The minimum atomic E-state index is 1.09. The molecule has 0 aromatic rings. The third-order valence-electron chi connectivity index (χ3n) is 4.07. The lowest BCUT2D eigenvalue weighted by atomic mass is 10.00. The standard InChI is InChI=1S/C10H16/c1-6-2-5-8-9(6)10(8)7-3-4-7/h6-10H,2-5H2,1H3. The lowest BCUT2D eigenvalue weighted by Crippen LogP contribution is -1.97. The summed E-state index contributed by atoms with van der Waals surface area (Å²) < 4.78 is 0. The molecule has 0 bridgehead atoms. The highest BCUT2D eigenvalue weighted by atomic mass is 14.7. The SMILES string of the molecule is CC1CCC2C1C2C1CC1. The molecule has 0 aromatic carbocycles. The van der Waals surface area contributed by atoms with E-state index in [1.807, 2.05) is 0 Å². The second-order valence-corrected chi connectivity index (χ2v) is 4.71. The van der Waals surface area contributed by atoms with Gasteiger partial charge in [-0.25, -0.2) is 0 Å². The molecule has 0 amide bonds. The summed E-state index contributed by atoms with van der Waals surface area (Å²) >= 11 is 0. The highest BCUT2D eigenvalue weighted by molar-refractivity contribution is 5.09. The molecule has 3 aliphatic rings. The summed E-state index contributed by atoms with van der Waals surface area (Å²) in [6.07, 6.45) is 6.26. The van der Waals surface area contributed by atoms with Gasteiger partial charge in [-0.1, -0.05) is 13.3 Å². The lowest BCUT2D eigenvalue weighted by molar-refractivity contribution is 0.440. The smallest absolute Gasteiger partial charge is 0.0321 e. The van der Waals surface area contributed by atoms with Crippen LogP contribution in [0, 0.1) is 29.6 Å². The van der Waals surface area contributed by atoms with Crippen molar-refractivity contribution in [2.45, 2.75) is 32.6 Å². The summed E-state index contributed by atoms with van der Waals surface area (Å²) in [7, 11) is 0. The van der Waals surface area contributed by atoms with Gasteiger partial charge in [0.2, 0.25) is 0 Å². The Bertz CT molecular complexity index is 153. The van der Waals surface area contributed by atoms with Crippen LogP contribution in [0.3, 0.4) is 0 Å². The van der Waals surface area contributed by atoms with Crippen LogP contribution in [-0.2, 0) is 0 Å². The molecule has 0 spiro atoms. The second-order valence-electron chi connectivity index (χ2n) is 4.71. The fourth-order valence-corrected chi connectivity index (χ4v) is 3.41. The van der Waals surface area contributed by atoms with Gasteiger partial charge in [0.05, 0.1) is 0 Å². The van der Waals surface area contributed by atoms with Gasteiger partial charge in [-0.2, -0.15) is 0 Å². The van der Waals surface area contributed by atoms with E-state index in [9.17, 15) is 0 Å². The molecule has 0 nitrogen and oxygen atoms in total. The molecule has 0 aromatic heterocycles. The normalized spacial score (nSPS) is 58.5. The Morgan fingerprint density at radius 1 is 0.900 bits per heavy atom. The van der Waals surface area contributed by atoms with E-state index < -0.39 is 0 Å². The third kappa shape index (κ3) is 0.580. The molecular formula is C10H16. The van der Waals surface area contributed by atoms with Crippen molar-refractivity contribution in [3.05, 3.63) is 0 Å². The fourth-order valence-electron chi connectivity index (χ4n) is 3.41. The lowest BCUT2D eigenvalue weighted by Gasteiger charge is -2.05. The van der Waals surface area contributed by atoms with Crippen molar-refractivity contribution >= 4 is 0 Å². The zero-order chi connectivity index (χ0) is 6.72. The van der Waals surface area contributed by atoms with Crippen LogP contribution < -0.4 is 0 Å². The zero-order valence-corrected chi connectivity index (χ0v) is 6.72. The van der Waals surface area contributed by atoms with Crippen molar-refractivity contribution in [1.29, 1.82) is 0 Å². The van der Waals surface area contributed by atoms with Gasteiger partial charge in [-0.15, -0.1) is 0 Å². The molecule has 0 heterocycles. The van der Waals surface area contributed by atoms with Crippen molar-refractivity contribution in [1.82, 2.24) is 0 Å². The van der Waals surface area contributed by atoms with Gasteiger partial charge in [-0.3, -0.25) is 0 Å². The molecule has 4 unspecified atom stereocenters. The third-order valence-corrected chi connectivity index (χ3v) is 4.07. The summed E-state index contributed by atoms with van der Waals surface area (Å²) in [6.45, 7) is 2.47. The molecule has 3 aliphatic carbocycles. The van der Waals surface area contributed by atoms with Crippen molar-refractivity contribution in [3.63, 3.8) is 0 Å². The van der Waals surface area contributed by atoms with Gasteiger partial charge in [0.25, 0.3) is 0 Å². The Labute approximate surface area is 63.0 Å². The van der Waals surface area contributed by atoms with Crippen molar-refractivity contribution in [3.8, 4) is 0 Å². The first-order chi connectivity index (χ1) is 4.88. The van der Waals surface area contributed by atoms with Gasteiger partial charge in [0, 0.05) is 0 Å². The van der Waals surface area contributed by atoms with Gasteiger partial charge in [0.15, 0.2) is 0 Å². The van der Waals surface area contributed by atoms with Crippen molar-refractivity contribution < 1.29 is 0 Å². The highest BCUT2D eigenvalue weighted by Crippen LogP contribution is 2.67. The predicted octanol–water partition coefficient (Wildman–Crippen LogP) is 2.69. The molecule has 3 rings (SSSR count). The largest absolute Gasteiger partial charge is 0.0622 e. The van der Waals surface area contributed by atoms with Crippen LogP contribution >= 0.6 is 0 Å². The maximum Gasteiger partial charge on any atom is -0.0321 e. The molecular weight excluding hydrogens is 120 g/mol. The van der Waals surface area contributed by atoms with E-state index in [4.69, 9.17) is 0 Å². The summed E-state index contributed by atoms with van der Waals surface area (Å²) in [4.78, 5) is 0. The zero-order valence-electron chi connectivity index (χ0n) is 6.72. The molecule has 4 atom stereocenters. The number of rotatable bonds is 1. The van der Waals surface area contributed by atoms with Gasteiger partial charge in [0.1, 0.15) is 0 Å². The predicted molar refractivity (Wildman–Crippen MR) is 41.6 cm³/mol. The molecule has 56 valence electrons. The van der Waals surface area contributed by atoms with Crippen LogP contribution in [0.5, 0.6) is 0 Å². The van der Waals surface area contributed by atoms with E-state index in [-0.39, 0.29) is 0 Å². The highest BCUT2D eigenvalue weighted by Gasteiger charge is 2.60. The van der Waals surface area contributed by atoms with Gasteiger partial charge >= 0.3 is 0 Å². The quantitative estimate of drug-likeness (QED) is 0.520. The fraction of sp³-hybridized carbons (Fsp3) is 1.00. The Hall–Kier alpha value is 0. The average molecular weight is 136 g/mol. The van der Waals surface area contributed by atoms with Gasteiger partial charge in [-0.05, 0) is 48.9 Å². The summed E-state index contributed by atoms with van der Waals surface area (Å²) in [6, 6.07) is 0. The van der Waals surface area contributed by atoms with Gasteiger partial charge < -0.3 is 0 Å². The minimum Gasteiger partial charge on any atom is -0.0622 e. The Morgan fingerprint density at radius 2 is 1.70 bits per heavy atom. The van der Waals surface area contributed by atoms with Crippen LogP contribution in [0.4, 0.5) is 0 Å². The molecule has 3 fully saturated rings. The molecule has 10 heavy (non-hydrogen) atoms. The Balaban J connectivity index is 1.74. The van der Waals surface area contributed by atoms with E-state index in [0.29, 0.717) is 0 Å². The van der Waals surface area contributed by atoms with E-state index in [1.54, 1.807) is 25.7 Å². The Morgan fingerprint density at radius 3 is 2.20 bits per heavy atom. The summed E-state index contributed by atoms with van der Waals surface area (Å²) in [5.74, 6) is 5.94. The second kappa shape index (κ2) is 1.60. The molecule has 3 saturated carbocycles. The summed E-state index contributed by atoms with van der Waals surface area (Å²) in [5.41, 5.74) is 0. The molecule has 0 saturated heterocycles. The molecule has 0 heteroatoms. The topological polar surface area (TPSA) is 0 Å². The minimum absolute atomic E-state index is 1.09.